The molecule has 0 aliphatic heterocycles. The summed E-state index contributed by atoms with van der Waals surface area (Å²) >= 11 is -2.60. The van der Waals surface area contributed by atoms with E-state index in [4.69, 9.17) is 0 Å². The van der Waals surface area contributed by atoms with E-state index < -0.39 is 21.3 Å². The first-order valence-electron chi connectivity index (χ1n) is 13.8. The van der Waals surface area contributed by atoms with Crippen LogP contribution in [0.15, 0.2) is 94.3 Å². The third kappa shape index (κ3) is 5.46. The van der Waals surface area contributed by atoms with Crippen molar-refractivity contribution in [3.05, 3.63) is 150 Å². The summed E-state index contributed by atoms with van der Waals surface area (Å²) in [6.07, 6.45) is 8.23. The van der Waals surface area contributed by atoms with Crippen LogP contribution < -0.4 is 0 Å². The second-order valence-electron chi connectivity index (χ2n) is 11.3. The maximum absolute atomic E-state index is 2.60. The molecule has 4 aromatic carbocycles. The van der Waals surface area contributed by atoms with Gasteiger partial charge in [0.1, 0.15) is 0 Å². The van der Waals surface area contributed by atoms with Crippen molar-refractivity contribution < 1.29 is 21.3 Å². The van der Waals surface area contributed by atoms with Crippen LogP contribution in [0.3, 0.4) is 0 Å². The van der Waals surface area contributed by atoms with E-state index >= 15 is 0 Å². The van der Waals surface area contributed by atoms with Crippen molar-refractivity contribution in [2.75, 3.05) is 0 Å². The third-order valence-corrected chi connectivity index (χ3v) is 16.9. The monoisotopic (exact) mass is 642 g/mol. The molecule has 2 aliphatic carbocycles. The van der Waals surface area contributed by atoms with Crippen molar-refractivity contribution in [1.29, 1.82) is 0 Å². The van der Waals surface area contributed by atoms with Crippen molar-refractivity contribution in [3.63, 3.8) is 0 Å². The molecule has 0 fully saturated rings. The Morgan fingerprint density at radius 2 is 1.02 bits per heavy atom. The predicted octanol–water partition coefficient (Wildman–Crippen LogP) is 10.2. The van der Waals surface area contributed by atoms with E-state index in [0.29, 0.717) is 3.63 Å². The zero-order valence-corrected chi connectivity index (χ0v) is 28.4. The smallest absolute Gasteiger partial charge is 0.147 e. The zero-order chi connectivity index (χ0) is 26.6. The van der Waals surface area contributed by atoms with Crippen LogP contribution >= 0.6 is 24.8 Å². The maximum Gasteiger partial charge on any atom is -0.147 e. The average Bonchev–Trinajstić information content (AvgIpc) is 3.52. The van der Waals surface area contributed by atoms with E-state index in [9.17, 15) is 0 Å². The summed E-state index contributed by atoms with van der Waals surface area (Å²) in [5.74, 6) is 0. The molecule has 6 rings (SSSR count). The van der Waals surface area contributed by atoms with Crippen LogP contribution in [0.25, 0.3) is 11.1 Å². The molecule has 40 heavy (non-hydrogen) atoms. The Balaban J connectivity index is 0.00000185. The molecular weight excluding hydrogens is 607 g/mol. The standard InChI is InChI=1S/C17H17.C15H14.C5H5.2ClH.Zr/c1-10-5-14-9-15-6-11(2)13(4)8-17(15)16(14)7-12(10)3;1-12-3-7-14(8-4-12)11-15-9-5-13(2)6-10-15;1-2-4-5-3-1;;;/h5-9H,1-4H3;3-10H,1-2H3;1-3H,4H2;2*1H;. The van der Waals surface area contributed by atoms with Crippen LogP contribution in [0.2, 0.25) is 0 Å². The van der Waals surface area contributed by atoms with E-state index in [0.717, 1.165) is 6.42 Å². The maximum atomic E-state index is 2.53. The molecule has 4 aromatic rings. The Hall–Kier alpha value is -2.31. The first kappa shape index (κ1) is 30.6. The van der Waals surface area contributed by atoms with Crippen molar-refractivity contribution in [2.24, 2.45) is 0 Å². The van der Waals surface area contributed by atoms with Crippen LogP contribution in [0.5, 0.6) is 0 Å². The van der Waals surface area contributed by atoms with Gasteiger partial charge in [0.05, 0.1) is 0 Å². The van der Waals surface area contributed by atoms with Crippen LogP contribution in [-0.2, 0) is 21.3 Å². The third-order valence-electron chi connectivity index (χ3n) is 8.60. The van der Waals surface area contributed by atoms with Gasteiger partial charge in [0.25, 0.3) is 0 Å². The summed E-state index contributed by atoms with van der Waals surface area (Å²) in [5.41, 5.74) is 17.1. The Labute approximate surface area is 260 Å². The van der Waals surface area contributed by atoms with E-state index in [1.54, 1.807) is 17.6 Å². The van der Waals surface area contributed by atoms with Gasteiger partial charge in [-0.25, -0.2) is 0 Å². The van der Waals surface area contributed by atoms with E-state index in [1.807, 2.05) is 0 Å². The van der Waals surface area contributed by atoms with Crippen LogP contribution in [0, 0.1) is 41.5 Å². The normalized spacial score (nSPS) is 13.2. The Morgan fingerprint density at radius 3 is 1.43 bits per heavy atom. The van der Waals surface area contributed by atoms with Gasteiger partial charge >= 0.3 is 237 Å². The molecule has 0 heterocycles. The fraction of sp³-hybridized carbons (Fsp3) is 0.216. The summed E-state index contributed by atoms with van der Waals surface area (Å²) in [5, 5.41) is 0. The second kappa shape index (κ2) is 12.3. The molecular formula is C37H38Cl2Zr. The summed E-state index contributed by atoms with van der Waals surface area (Å²) < 4.78 is 3.79. The first-order chi connectivity index (χ1) is 18.3. The minimum atomic E-state index is -2.60. The van der Waals surface area contributed by atoms with Crippen LogP contribution in [0.1, 0.15) is 65.7 Å². The fourth-order valence-electron chi connectivity index (χ4n) is 6.16. The molecule has 0 nitrogen and oxygen atoms in total. The van der Waals surface area contributed by atoms with Gasteiger partial charge in [0.2, 0.25) is 0 Å². The first-order valence-corrected chi connectivity index (χ1v) is 17.7. The van der Waals surface area contributed by atoms with Crippen LogP contribution in [0.4, 0.5) is 0 Å². The van der Waals surface area contributed by atoms with Gasteiger partial charge < -0.3 is 0 Å². The van der Waals surface area contributed by atoms with Crippen molar-refractivity contribution in [2.45, 2.75) is 51.6 Å². The van der Waals surface area contributed by atoms with Gasteiger partial charge in [0, 0.05) is 0 Å². The van der Waals surface area contributed by atoms with Crippen molar-refractivity contribution in [1.82, 2.24) is 0 Å². The molecule has 0 aromatic heterocycles. The van der Waals surface area contributed by atoms with Crippen molar-refractivity contribution >= 4 is 28.0 Å². The quantitative estimate of drug-likeness (QED) is 0.207. The molecule has 2 aliphatic rings. The zero-order valence-electron chi connectivity index (χ0n) is 24.3. The Bertz CT molecular complexity index is 1560. The van der Waals surface area contributed by atoms with Gasteiger partial charge in [-0.15, -0.1) is 24.8 Å². The van der Waals surface area contributed by atoms with Gasteiger partial charge in [-0.1, -0.05) is 0 Å². The molecule has 3 heteroatoms. The van der Waals surface area contributed by atoms with Gasteiger partial charge in [-0.2, -0.15) is 0 Å². The predicted molar refractivity (Wildman–Crippen MR) is 175 cm³/mol. The summed E-state index contributed by atoms with van der Waals surface area (Å²) in [6, 6.07) is 28.7. The molecule has 0 atom stereocenters. The van der Waals surface area contributed by atoms with Crippen LogP contribution in [-0.4, -0.2) is 3.21 Å². The summed E-state index contributed by atoms with van der Waals surface area (Å²) in [6.45, 7) is 13.5. The van der Waals surface area contributed by atoms with Gasteiger partial charge in [-0.05, 0) is 0 Å². The van der Waals surface area contributed by atoms with E-state index in [-0.39, 0.29) is 24.8 Å². The van der Waals surface area contributed by atoms with Gasteiger partial charge in [0.15, 0.2) is 0 Å². The number of hydrogen-bond acceptors (Lipinski definition) is 0. The molecule has 0 saturated carbocycles. The van der Waals surface area contributed by atoms with E-state index in [2.05, 4.69) is 133 Å². The second-order valence-corrected chi connectivity index (χ2v) is 17.6. The number of hydrogen-bond donors (Lipinski definition) is 0. The number of halogens is 2. The minimum absolute atomic E-state index is 0. The Morgan fingerprint density at radius 1 is 0.600 bits per heavy atom. The largest absolute Gasteiger partial charge is 0.147 e. The minimum Gasteiger partial charge on any atom is -0.147 e. The number of fused-ring (bicyclic) bond motifs is 3. The molecule has 0 spiro atoms. The molecule has 0 N–H and O–H groups in total. The fourth-order valence-corrected chi connectivity index (χ4v) is 15.1. The summed E-state index contributed by atoms with van der Waals surface area (Å²) in [7, 11) is 0. The summed E-state index contributed by atoms with van der Waals surface area (Å²) in [4.78, 5) is 0. The number of aryl methyl sites for hydroxylation is 6. The molecule has 0 bridgehead atoms. The topological polar surface area (TPSA) is 0 Å². The van der Waals surface area contributed by atoms with Gasteiger partial charge in [-0.3, -0.25) is 0 Å². The molecule has 0 saturated heterocycles. The average molecular weight is 645 g/mol. The SMILES string of the molecule is Cc1ccc([C](c2ccc(C)cc2)=[Zr]([C]2=CC=CC2)[CH]2c3cc(C)c(C)cc3-c3cc(C)c(C)cc32)cc1.Cl.Cl. The van der Waals surface area contributed by atoms with E-state index in [1.165, 1.54) is 55.6 Å². The molecule has 0 radical (unpaired) electrons. The molecule has 0 unspecified atom stereocenters. The number of allylic oxidation sites excluding steroid dienone is 4. The molecule has 0 amide bonds. The van der Waals surface area contributed by atoms with Crippen molar-refractivity contribution in [3.8, 4) is 11.1 Å². The number of benzene rings is 4. The molecule has 204 valence electrons. The number of rotatable bonds is 4. The Kier molecular flexibility index (Phi) is 9.41.